The summed E-state index contributed by atoms with van der Waals surface area (Å²) < 4.78 is 6.50. The van der Waals surface area contributed by atoms with Crippen molar-refractivity contribution in [3.05, 3.63) is 10.4 Å². The molecular formula is C7H9N5O2. The molecule has 0 saturated carbocycles. The molecule has 3 N–H and O–H groups in total. The third-order valence-electron chi connectivity index (χ3n) is 1.89. The van der Waals surface area contributed by atoms with E-state index in [0.717, 1.165) is 0 Å². The number of imidazole rings is 1. The number of nitrogens with one attached hydrogen (secondary N) is 1. The minimum atomic E-state index is -0.369. The molecule has 0 unspecified atom stereocenters. The van der Waals surface area contributed by atoms with Gasteiger partial charge in [-0.15, -0.1) is 0 Å². The topological polar surface area (TPSA) is 98.8 Å². The Balaban J connectivity index is 2.92. The van der Waals surface area contributed by atoms with Crippen molar-refractivity contribution in [2.45, 2.75) is 0 Å². The van der Waals surface area contributed by atoms with Crippen LogP contribution in [-0.4, -0.2) is 26.6 Å². The van der Waals surface area contributed by atoms with Crippen LogP contribution in [0.25, 0.3) is 11.2 Å². The lowest BCUT2D eigenvalue weighted by Crippen LogP contribution is -2.11. The molecule has 0 aromatic carbocycles. The smallest absolute Gasteiger partial charge is 0.298 e. The summed E-state index contributed by atoms with van der Waals surface area (Å²) in [5, 5.41) is 0. The summed E-state index contributed by atoms with van der Waals surface area (Å²) in [6, 6.07) is 0.323. The van der Waals surface area contributed by atoms with Crippen molar-refractivity contribution in [2.24, 2.45) is 7.05 Å². The third kappa shape index (κ3) is 1.02. The summed E-state index contributed by atoms with van der Waals surface area (Å²) in [6.45, 7) is 0. The lowest BCUT2D eigenvalue weighted by Gasteiger charge is -1.97. The van der Waals surface area contributed by atoms with Gasteiger partial charge < -0.3 is 10.5 Å². The summed E-state index contributed by atoms with van der Waals surface area (Å²) in [4.78, 5) is 21.6. The van der Waals surface area contributed by atoms with Crippen molar-refractivity contribution in [1.82, 2.24) is 19.5 Å². The Morgan fingerprint density at radius 1 is 1.50 bits per heavy atom. The highest BCUT2D eigenvalue weighted by molar-refractivity contribution is 5.72. The van der Waals surface area contributed by atoms with E-state index in [4.69, 9.17) is 10.5 Å². The molecule has 74 valence electrons. The minimum Gasteiger partial charge on any atom is -0.468 e. The van der Waals surface area contributed by atoms with Gasteiger partial charge in [0.25, 0.3) is 11.6 Å². The van der Waals surface area contributed by atoms with Gasteiger partial charge in [0.05, 0.1) is 7.11 Å². The first kappa shape index (κ1) is 8.54. The summed E-state index contributed by atoms with van der Waals surface area (Å²) in [7, 11) is 3.17. The van der Waals surface area contributed by atoms with Gasteiger partial charge in [-0.25, -0.2) is 0 Å². The first-order chi connectivity index (χ1) is 6.63. The molecule has 7 nitrogen and oxygen atoms in total. The maximum absolute atomic E-state index is 11.4. The molecule has 0 fully saturated rings. The van der Waals surface area contributed by atoms with Crippen LogP contribution in [0, 0.1) is 0 Å². The number of H-pyrrole nitrogens is 1. The Kier molecular flexibility index (Phi) is 1.66. The normalized spacial score (nSPS) is 10.7. The molecule has 0 saturated heterocycles. The molecule has 0 radical (unpaired) electrons. The molecule has 0 aliphatic heterocycles. The van der Waals surface area contributed by atoms with Gasteiger partial charge in [-0.05, 0) is 0 Å². The van der Waals surface area contributed by atoms with E-state index in [9.17, 15) is 4.79 Å². The molecule has 2 rings (SSSR count). The maximum atomic E-state index is 11.4. The van der Waals surface area contributed by atoms with Gasteiger partial charge in [0, 0.05) is 7.05 Å². The van der Waals surface area contributed by atoms with Crippen LogP contribution in [0.3, 0.4) is 0 Å². The number of hydrogen-bond donors (Lipinski definition) is 2. The predicted molar refractivity (Wildman–Crippen MR) is 50.1 cm³/mol. The first-order valence-electron chi connectivity index (χ1n) is 3.89. The largest absolute Gasteiger partial charge is 0.468 e. The highest BCUT2D eigenvalue weighted by atomic mass is 16.5. The summed E-state index contributed by atoms with van der Waals surface area (Å²) >= 11 is 0. The fourth-order valence-electron chi connectivity index (χ4n) is 1.25. The Bertz CT molecular complexity index is 541. The number of anilines is 1. The molecular weight excluding hydrogens is 186 g/mol. The summed E-state index contributed by atoms with van der Waals surface area (Å²) in [5.41, 5.74) is 5.65. The summed E-state index contributed by atoms with van der Waals surface area (Å²) in [6.07, 6.45) is 0. The van der Waals surface area contributed by atoms with Gasteiger partial charge in [-0.1, -0.05) is 0 Å². The fraction of sp³-hybridized carbons (Fsp3) is 0.286. The lowest BCUT2D eigenvalue weighted by molar-refractivity contribution is 0.368. The monoisotopic (exact) mass is 195 g/mol. The second-order valence-corrected chi connectivity index (χ2v) is 2.78. The third-order valence-corrected chi connectivity index (χ3v) is 1.89. The number of rotatable bonds is 1. The number of methoxy groups -OCH3 is 1. The van der Waals surface area contributed by atoms with E-state index in [0.29, 0.717) is 11.7 Å². The van der Waals surface area contributed by atoms with Gasteiger partial charge in [0.15, 0.2) is 11.2 Å². The van der Waals surface area contributed by atoms with Crippen LogP contribution in [-0.2, 0) is 7.05 Å². The molecule has 2 aromatic heterocycles. The summed E-state index contributed by atoms with van der Waals surface area (Å²) in [5.74, 6) is 0.0631. The number of hydrogen-bond acceptors (Lipinski definition) is 5. The standard InChI is InChI=1S/C7H9N5O2/c1-12-4-3(9-7(12)14-2)5(13)11-6(8)10-4/h1-2H3,(H3,8,10,11,13). The zero-order valence-corrected chi connectivity index (χ0v) is 7.74. The number of aromatic amines is 1. The number of nitrogens with zero attached hydrogens (tertiary/aromatic N) is 3. The quantitative estimate of drug-likeness (QED) is 0.623. The van der Waals surface area contributed by atoms with Gasteiger partial charge in [-0.3, -0.25) is 14.3 Å². The van der Waals surface area contributed by atoms with Crippen molar-refractivity contribution >= 4 is 17.1 Å². The van der Waals surface area contributed by atoms with E-state index >= 15 is 0 Å². The van der Waals surface area contributed by atoms with Crippen LogP contribution < -0.4 is 16.0 Å². The Morgan fingerprint density at radius 2 is 2.21 bits per heavy atom. The number of aromatic nitrogens is 4. The van der Waals surface area contributed by atoms with Gasteiger partial charge >= 0.3 is 0 Å². The number of ether oxygens (including phenoxy) is 1. The van der Waals surface area contributed by atoms with Crippen LogP contribution in [0.2, 0.25) is 0 Å². The number of fused-ring (bicyclic) bond motifs is 1. The highest BCUT2D eigenvalue weighted by Crippen LogP contribution is 2.14. The average molecular weight is 195 g/mol. The second-order valence-electron chi connectivity index (χ2n) is 2.78. The van der Waals surface area contributed by atoms with Gasteiger partial charge in [0.1, 0.15) is 0 Å². The molecule has 0 aliphatic rings. The second kappa shape index (κ2) is 2.72. The van der Waals surface area contributed by atoms with E-state index in [1.807, 2.05) is 0 Å². The molecule has 0 bridgehead atoms. The molecule has 2 aromatic rings. The van der Waals surface area contributed by atoms with Gasteiger partial charge in [-0.2, -0.15) is 9.97 Å². The fourth-order valence-corrected chi connectivity index (χ4v) is 1.25. The molecule has 2 heterocycles. The molecule has 0 aliphatic carbocycles. The Hall–Kier alpha value is -2.05. The van der Waals surface area contributed by atoms with Crippen LogP contribution in [0.5, 0.6) is 6.01 Å². The van der Waals surface area contributed by atoms with Crippen molar-refractivity contribution < 1.29 is 4.74 Å². The highest BCUT2D eigenvalue weighted by Gasteiger charge is 2.12. The first-order valence-corrected chi connectivity index (χ1v) is 3.89. The van der Waals surface area contributed by atoms with Crippen molar-refractivity contribution in [3.8, 4) is 6.01 Å². The van der Waals surface area contributed by atoms with Crippen LogP contribution in [0.15, 0.2) is 4.79 Å². The van der Waals surface area contributed by atoms with E-state index in [1.54, 1.807) is 11.6 Å². The van der Waals surface area contributed by atoms with Crippen LogP contribution >= 0.6 is 0 Å². The zero-order valence-electron chi connectivity index (χ0n) is 7.74. The van der Waals surface area contributed by atoms with E-state index in [2.05, 4.69) is 15.0 Å². The number of nitrogen functional groups attached to an aromatic ring is 1. The van der Waals surface area contributed by atoms with Gasteiger partial charge in [0.2, 0.25) is 5.95 Å². The molecule has 0 amide bonds. The molecule has 14 heavy (non-hydrogen) atoms. The average Bonchev–Trinajstić information content (AvgIpc) is 2.44. The number of aryl methyl sites for hydroxylation is 1. The molecule has 0 atom stereocenters. The van der Waals surface area contributed by atoms with Crippen LogP contribution in [0.4, 0.5) is 5.95 Å². The Labute approximate surface area is 78.5 Å². The maximum Gasteiger partial charge on any atom is 0.298 e. The van der Waals surface area contributed by atoms with Crippen molar-refractivity contribution in [2.75, 3.05) is 12.8 Å². The van der Waals surface area contributed by atoms with E-state index in [1.165, 1.54) is 7.11 Å². The zero-order chi connectivity index (χ0) is 10.3. The van der Waals surface area contributed by atoms with E-state index < -0.39 is 0 Å². The lowest BCUT2D eigenvalue weighted by atomic mass is 10.5. The van der Waals surface area contributed by atoms with Crippen LogP contribution in [0.1, 0.15) is 0 Å². The molecule has 0 spiro atoms. The minimum absolute atomic E-state index is 0.0631. The molecule has 7 heteroatoms. The van der Waals surface area contributed by atoms with Crippen molar-refractivity contribution in [1.29, 1.82) is 0 Å². The number of nitrogens with two attached hydrogens (primary N) is 1. The van der Waals surface area contributed by atoms with E-state index in [-0.39, 0.29) is 17.0 Å². The Morgan fingerprint density at radius 3 is 2.86 bits per heavy atom. The van der Waals surface area contributed by atoms with Crippen molar-refractivity contribution in [3.63, 3.8) is 0 Å². The predicted octanol–water partition coefficient (Wildman–Crippen LogP) is -0.753. The SMILES string of the molecule is COc1nc2c(=O)[nH]c(N)nc2n1C.